The minimum atomic E-state index is 0.130. The van der Waals surface area contributed by atoms with E-state index >= 15 is 0 Å². The van der Waals surface area contributed by atoms with Gasteiger partial charge in [-0.05, 0) is 25.3 Å². The monoisotopic (exact) mass is 222 g/mol. The summed E-state index contributed by atoms with van der Waals surface area (Å²) in [5.74, 6) is 0.407. The molecule has 2 nitrogen and oxygen atoms in total. The second-order valence-corrected chi connectivity index (χ2v) is 4.32. The molecule has 90 valence electrons. The van der Waals surface area contributed by atoms with Crippen molar-refractivity contribution in [3.05, 3.63) is 35.8 Å². The van der Waals surface area contributed by atoms with Crippen LogP contribution in [0.15, 0.2) is 35.8 Å². The van der Waals surface area contributed by atoms with Gasteiger partial charge in [-0.1, -0.05) is 37.8 Å². The fourth-order valence-electron chi connectivity index (χ4n) is 1.83. The fourth-order valence-corrected chi connectivity index (χ4v) is 1.83. The van der Waals surface area contributed by atoms with E-state index in [0.717, 1.165) is 19.3 Å². The summed E-state index contributed by atoms with van der Waals surface area (Å²) >= 11 is 0. The highest BCUT2D eigenvalue weighted by Gasteiger charge is 1.97. The van der Waals surface area contributed by atoms with E-state index in [0.29, 0.717) is 6.42 Å². The first-order valence-corrected chi connectivity index (χ1v) is 6.24. The number of rotatable bonds is 0. The van der Waals surface area contributed by atoms with E-state index in [1.54, 1.807) is 6.08 Å². The smallest absolute Gasteiger partial charge is 0.118 e. The maximum absolute atomic E-state index is 9.53. The third-order valence-electron chi connectivity index (χ3n) is 2.77. The summed E-state index contributed by atoms with van der Waals surface area (Å²) in [6.07, 6.45) is 15.9. The van der Waals surface area contributed by atoms with Gasteiger partial charge in [0.15, 0.2) is 0 Å². The molecule has 1 aliphatic carbocycles. The van der Waals surface area contributed by atoms with E-state index in [9.17, 15) is 10.2 Å². The van der Waals surface area contributed by atoms with Gasteiger partial charge in [0.1, 0.15) is 5.76 Å². The molecule has 0 unspecified atom stereocenters. The Labute approximate surface area is 98.0 Å². The van der Waals surface area contributed by atoms with E-state index in [4.69, 9.17) is 0 Å². The van der Waals surface area contributed by atoms with E-state index in [1.165, 1.54) is 31.8 Å². The third-order valence-corrected chi connectivity index (χ3v) is 2.77. The zero-order valence-electron chi connectivity index (χ0n) is 9.86. The topological polar surface area (TPSA) is 40.5 Å². The Kier molecular flexibility index (Phi) is 6.47. The summed E-state index contributed by atoms with van der Waals surface area (Å²) < 4.78 is 0. The van der Waals surface area contributed by atoms with Crippen molar-refractivity contribution in [1.29, 1.82) is 0 Å². The van der Waals surface area contributed by atoms with Gasteiger partial charge in [0.25, 0.3) is 0 Å². The van der Waals surface area contributed by atoms with Crippen LogP contribution in [0.3, 0.4) is 0 Å². The normalized spacial score (nSPS) is 29.2. The summed E-state index contributed by atoms with van der Waals surface area (Å²) in [5.41, 5.74) is 0. The van der Waals surface area contributed by atoms with Gasteiger partial charge in [-0.15, -0.1) is 0 Å². The van der Waals surface area contributed by atoms with Crippen LogP contribution in [0.25, 0.3) is 0 Å². The maximum atomic E-state index is 9.53. The molecule has 0 aliphatic heterocycles. The SMILES string of the molecule is OC1=C/C=C\CCCCCCCC/C(O)=C\1. The van der Waals surface area contributed by atoms with Crippen LogP contribution < -0.4 is 0 Å². The quantitative estimate of drug-likeness (QED) is 0.630. The summed E-state index contributed by atoms with van der Waals surface area (Å²) in [5, 5.41) is 19.0. The van der Waals surface area contributed by atoms with Crippen LogP contribution in [-0.4, -0.2) is 10.2 Å². The van der Waals surface area contributed by atoms with Crippen molar-refractivity contribution in [3.63, 3.8) is 0 Å². The van der Waals surface area contributed by atoms with E-state index in [-0.39, 0.29) is 11.5 Å². The molecule has 2 heteroatoms. The van der Waals surface area contributed by atoms with Crippen molar-refractivity contribution in [2.45, 2.75) is 51.4 Å². The molecule has 0 aromatic rings. The Hall–Kier alpha value is -1.18. The second-order valence-electron chi connectivity index (χ2n) is 4.32. The molecule has 0 aromatic carbocycles. The molecule has 0 heterocycles. The molecule has 0 aromatic heterocycles. The van der Waals surface area contributed by atoms with Crippen molar-refractivity contribution >= 4 is 0 Å². The van der Waals surface area contributed by atoms with Crippen LogP contribution in [0.5, 0.6) is 0 Å². The molecule has 0 bridgehead atoms. The van der Waals surface area contributed by atoms with Gasteiger partial charge >= 0.3 is 0 Å². The predicted molar refractivity (Wildman–Crippen MR) is 67.5 cm³/mol. The molecule has 0 fully saturated rings. The Bertz CT molecular complexity index is 274. The van der Waals surface area contributed by atoms with Crippen LogP contribution in [0.2, 0.25) is 0 Å². The lowest BCUT2D eigenvalue weighted by atomic mass is 10.1. The van der Waals surface area contributed by atoms with Crippen LogP contribution in [0, 0.1) is 0 Å². The van der Waals surface area contributed by atoms with Crippen LogP contribution in [-0.2, 0) is 0 Å². The first-order valence-electron chi connectivity index (χ1n) is 6.24. The highest BCUT2D eigenvalue weighted by Crippen LogP contribution is 2.13. The first kappa shape index (κ1) is 12.9. The molecule has 1 aliphatic rings. The molecule has 0 atom stereocenters. The summed E-state index contributed by atoms with van der Waals surface area (Å²) in [7, 11) is 0. The number of allylic oxidation sites excluding steroid dienone is 5. The van der Waals surface area contributed by atoms with Crippen molar-refractivity contribution in [2.24, 2.45) is 0 Å². The molecule has 2 N–H and O–H groups in total. The highest BCUT2D eigenvalue weighted by molar-refractivity contribution is 5.19. The van der Waals surface area contributed by atoms with Gasteiger partial charge in [-0.3, -0.25) is 0 Å². The largest absolute Gasteiger partial charge is 0.512 e. The maximum Gasteiger partial charge on any atom is 0.118 e. The van der Waals surface area contributed by atoms with E-state index in [2.05, 4.69) is 6.08 Å². The minimum Gasteiger partial charge on any atom is -0.512 e. The summed E-state index contributed by atoms with van der Waals surface area (Å²) in [4.78, 5) is 0. The average molecular weight is 222 g/mol. The van der Waals surface area contributed by atoms with Crippen molar-refractivity contribution in [3.8, 4) is 0 Å². The second kappa shape index (κ2) is 8.03. The first-order chi connectivity index (χ1) is 7.79. The Morgan fingerprint density at radius 1 is 0.875 bits per heavy atom. The summed E-state index contributed by atoms with van der Waals surface area (Å²) in [6, 6.07) is 0. The van der Waals surface area contributed by atoms with Crippen molar-refractivity contribution in [2.75, 3.05) is 0 Å². The van der Waals surface area contributed by atoms with Gasteiger partial charge in [0.2, 0.25) is 0 Å². The van der Waals surface area contributed by atoms with Gasteiger partial charge in [-0.2, -0.15) is 0 Å². The lowest BCUT2D eigenvalue weighted by Crippen LogP contribution is -1.86. The molecule has 0 radical (unpaired) electrons. The van der Waals surface area contributed by atoms with Crippen LogP contribution in [0.1, 0.15) is 51.4 Å². The fraction of sp³-hybridized carbons (Fsp3) is 0.571. The Morgan fingerprint density at radius 3 is 2.38 bits per heavy atom. The highest BCUT2D eigenvalue weighted by atomic mass is 16.3. The molecule has 16 heavy (non-hydrogen) atoms. The molecule has 0 spiro atoms. The van der Waals surface area contributed by atoms with Gasteiger partial charge in [-0.25, -0.2) is 0 Å². The standard InChI is InChI=1S/C14H22O2/c15-13-10-8-6-4-2-1-3-5-7-9-11-14(16)12-13/h6,8,10,12,15-16H,1-5,7,9,11H2/b8-6-,13-10+,14-12+. The molecule has 0 saturated carbocycles. The third kappa shape index (κ3) is 6.33. The van der Waals surface area contributed by atoms with Gasteiger partial charge < -0.3 is 10.2 Å². The molecule has 1 rings (SSSR count). The molecule has 0 amide bonds. The zero-order chi connectivity index (χ0) is 11.6. The van der Waals surface area contributed by atoms with Gasteiger partial charge in [0.05, 0.1) is 5.76 Å². The summed E-state index contributed by atoms with van der Waals surface area (Å²) in [6.45, 7) is 0. The number of hydrogen-bond acceptors (Lipinski definition) is 2. The van der Waals surface area contributed by atoms with Crippen LogP contribution >= 0.6 is 0 Å². The lowest BCUT2D eigenvalue weighted by Gasteiger charge is -2.02. The van der Waals surface area contributed by atoms with E-state index < -0.39 is 0 Å². The lowest BCUT2D eigenvalue weighted by molar-refractivity contribution is 0.367. The molecular formula is C14H22O2. The molecular weight excluding hydrogens is 200 g/mol. The minimum absolute atomic E-state index is 0.130. The predicted octanol–water partition coefficient (Wildman–Crippen LogP) is 4.56. The van der Waals surface area contributed by atoms with Crippen LogP contribution in [0.4, 0.5) is 0 Å². The van der Waals surface area contributed by atoms with Gasteiger partial charge in [0, 0.05) is 12.5 Å². The number of aliphatic hydroxyl groups is 2. The average Bonchev–Trinajstić information content (AvgIpc) is 2.25. The Morgan fingerprint density at radius 2 is 1.56 bits per heavy atom. The zero-order valence-corrected chi connectivity index (χ0v) is 9.86. The van der Waals surface area contributed by atoms with Crippen molar-refractivity contribution < 1.29 is 10.2 Å². The Balaban J connectivity index is 2.53. The number of hydrogen-bond donors (Lipinski definition) is 2. The van der Waals surface area contributed by atoms with Crippen molar-refractivity contribution in [1.82, 2.24) is 0 Å². The van der Waals surface area contributed by atoms with E-state index in [1.807, 2.05) is 6.08 Å². The molecule has 0 saturated heterocycles. The number of aliphatic hydroxyl groups excluding tert-OH is 2.